The van der Waals surface area contributed by atoms with Crippen LogP contribution < -0.4 is 5.32 Å². The molecule has 0 saturated carbocycles. The van der Waals surface area contributed by atoms with E-state index in [-0.39, 0.29) is 24.0 Å². The van der Waals surface area contributed by atoms with Gasteiger partial charge in [-0.1, -0.05) is 48.5 Å². The van der Waals surface area contributed by atoms with Gasteiger partial charge in [0.1, 0.15) is 18.7 Å². The van der Waals surface area contributed by atoms with Gasteiger partial charge in [0.2, 0.25) is 0 Å². The molecule has 0 bridgehead atoms. The van der Waals surface area contributed by atoms with Crippen molar-refractivity contribution in [3.63, 3.8) is 0 Å². The molecule has 2 aromatic carbocycles. The monoisotopic (exact) mass is 542 g/mol. The lowest BCUT2D eigenvalue weighted by Crippen LogP contribution is -2.38. The van der Waals surface area contributed by atoms with Crippen LogP contribution in [0.15, 0.2) is 78.2 Å². The Bertz CT molecular complexity index is 1120. The summed E-state index contributed by atoms with van der Waals surface area (Å²) in [7, 11) is 1.99. The molecule has 32 heavy (non-hydrogen) atoms. The van der Waals surface area contributed by atoms with E-state index in [1.807, 2.05) is 71.2 Å². The van der Waals surface area contributed by atoms with E-state index >= 15 is 0 Å². The zero-order chi connectivity index (χ0) is 21.5. The number of hydrogen-bond acceptors (Lipinski definition) is 4. The van der Waals surface area contributed by atoms with Crippen LogP contribution in [0.5, 0.6) is 0 Å². The molecule has 0 aliphatic heterocycles. The van der Waals surface area contributed by atoms with Crippen LogP contribution in [0, 0.1) is 0 Å². The maximum Gasteiger partial charge on any atom is 0.194 e. The molecule has 9 heteroatoms. The van der Waals surface area contributed by atoms with E-state index < -0.39 is 0 Å². The molecule has 0 spiro atoms. The minimum absolute atomic E-state index is 0. The molecule has 2 aromatic heterocycles. The van der Waals surface area contributed by atoms with E-state index in [9.17, 15) is 0 Å². The number of guanidine groups is 1. The van der Waals surface area contributed by atoms with Gasteiger partial charge >= 0.3 is 0 Å². The molecular formula is C23H27IN8. The molecule has 166 valence electrons. The van der Waals surface area contributed by atoms with E-state index in [2.05, 4.69) is 44.5 Å². The fraction of sp³-hybridized carbons (Fsp3) is 0.217. The van der Waals surface area contributed by atoms with Gasteiger partial charge in [0.25, 0.3) is 0 Å². The summed E-state index contributed by atoms with van der Waals surface area (Å²) in [4.78, 5) is 14.7. The average molecular weight is 542 g/mol. The van der Waals surface area contributed by atoms with Gasteiger partial charge in [0.05, 0.1) is 18.4 Å². The minimum atomic E-state index is 0. The van der Waals surface area contributed by atoms with Crippen molar-refractivity contribution in [3.05, 3.63) is 84.8 Å². The second-order valence-corrected chi connectivity index (χ2v) is 7.09. The van der Waals surface area contributed by atoms with Crippen LogP contribution >= 0.6 is 24.0 Å². The lowest BCUT2D eigenvalue weighted by molar-refractivity contribution is 0.463. The third-order valence-corrected chi connectivity index (χ3v) is 4.82. The van der Waals surface area contributed by atoms with Crippen molar-refractivity contribution < 1.29 is 0 Å². The number of aliphatic imine (C=N–C) groups is 1. The lowest BCUT2D eigenvalue weighted by atomic mass is 10.2. The zero-order valence-corrected chi connectivity index (χ0v) is 20.5. The lowest BCUT2D eigenvalue weighted by Gasteiger charge is -2.21. The fourth-order valence-electron chi connectivity index (χ4n) is 3.29. The van der Waals surface area contributed by atoms with Gasteiger partial charge in [0.15, 0.2) is 11.8 Å². The number of halogens is 1. The van der Waals surface area contributed by atoms with Gasteiger partial charge in [-0.15, -0.1) is 34.2 Å². The first-order valence-electron chi connectivity index (χ1n) is 10.3. The van der Waals surface area contributed by atoms with E-state index in [0.717, 1.165) is 41.1 Å². The molecule has 2 heterocycles. The predicted octanol–water partition coefficient (Wildman–Crippen LogP) is 3.87. The maximum absolute atomic E-state index is 4.77. The Morgan fingerprint density at radius 2 is 1.81 bits per heavy atom. The van der Waals surface area contributed by atoms with Gasteiger partial charge in [-0.3, -0.25) is 4.57 Å². The molecule has 0 atom stereocenters. The van der Waals surface area contributed by atoms with Crippen molar-refractivity contribution in [1.82, 2.24) is 34.9 Å². The molecular weight excluding hydrogens is 515 g/mol. The summed E-state index contributed by atoms with van der Waals surface area (Å²) in [6.07, 6.45) is 3.58. The highest BCUT2D eigenvalue weighted by Crippen LogP contribution is 2.16. The number of imidazole rings is 1. The Morgan fingerprint density at radius 1 is 1.09 bits per heavy atom. The highest BCUT2D eigenvalue weighted by atomic mass is 127. The summed E-state index contributed by atoms with van der Waals surface area (Å²) < 4.78 is 1.95. The number of aromatic nitrogens is 5. The number of hydrogen-bond donors (Lipinski definition) is 2. The Hall–Kier alpha value is -3.21. The number of nitrogens with one attached hydrogen (secondary N) is 2. The number of para-hydroxylation sites is 1. The molecule has 4 rings (SSSR count). The molecule has 0 saturated heterocycles. The Balaban J connectivity index is 0.00000289. The van der Waals surface area contributed by atoms with Crippen molar-refractivity contribution in [2.75, 3.05) is 13.6 Å². The molecule has 0 amide bonds. The average Bonchev–Trinajstić information content (AvgIpc) is 3.47. The van der Waals surface area contributed by atoms with Crippen molar-refractivity contribution in [2.24, 2.45) is 4.99 Å². The molecule has 0 fully saturated rings. The fourth-order valence-corrected chi connectivity index (χ4v) is 3.29. The van der Waals surface area contributed by atoms with Crippen molar-refractivity contribution in [3.8, 4) is 16.9 Å². The summed E-state index contributed by atoms with van der Waals surface area (Å²) in [6.45, 7) is 3.83. The summed E-state index contributed by atoms with van der Waals surface area (Å²) in [5, 5.41) is 11.6. The first-order chi connectivity index (χ1) is 15.2. The van der Waals surface area contributed by atoms with E-state index in [0.29, 0.717) is 13.1 Å². The largest absolute Gasteiger partial charge is 0.357 e. The molecule has 0 radical (unpaired) electrons. The quantitative estimate of drug-likeness (QED) is 0.210. The van der Waals surface area contributed by atoms with Crippen molar-refractivity contribution >= 4 is 29.9 Å². The van der Waals surface area contributed by atoms with Crippen LogP contribution in [0.3, 0.4) is 0 Å². The summed E-state index contributed by atoms with van der Waals surface area (Å²) >= 11 is 0. The van der Waals surface area contributed by atoms with Crippen LogP contribution in [0.25, 0.3) is 16.9 Å². The smallest absolute Gasteiger partial charge is 0.194 e. The van der Waals surface area contributed by atoms with Crippen LogP contribution in [-0.4, -0.2) is 49.2 Å². The Kier molecular flexibility index (Phi) is 8.37. The molecule has 8 nitrogen and oxygen atoms in total. The van der Waals surface area contributed by atoms with E-state index in [1.165, 1.54) is 0 Å². The second-order valence-electron chi connectivity index (χ2n) is 7.09. The number of benzene rings is 2. The van der Waals surface area contributed by atoms with Crippen molar-refractivity contribution in [1.29, 1.82) is 0 Å². The number of rotatable bonds is 7. The first-order valence-corrected chi connectivity index (χ1v) is 10.3. The van der Waals surface area contributed by atoms with Gasteiger partial charge < -0.3 is 15.2 Å². The molecule has 4 aromatic rings. The highest BCUT2D eigenvalue weighted by Gasteiger charge is 2.11. The summed E-state index contributed by atoms with van der Waals surface area (Å²) in [5.74, 6) is 2.43. The van der Waals surface area contributed by atoms with Gasteiger partial charge in [-0.25, -0.2) is 9.98 Å². The number of aromatic amines is 1. The van der Waals surface area contributed by atoms with Gasteiger partial charge in [-0.05, 0) is 24.6 Å². The Morgan fingerprint density at radius 3 is 2.53 bits per heavy atom. The predicted molar refractivity (Wildman–Crippen MR) is 137 cm³/mol. The van der Waals surface area contributed by atoms with Crippen LogP contribution in [0.4, 0.5) is 0 Å². The van der Waals surface area contributed by atoms with E-state index in [4.69, 9.17) is 4.99 Å². The van der Waals surface area contributed by atoms with Crippen LogP contribution in [-0.2, 0) is 13.1 Å². The van der Waals surface area contributed by atoms with Crippen LogP contribution in [0.1, 0.15) is 18.6 Å². The number of nitrogens with zero attached hydrogens (tertiary/aromatic N) is 6. The topological polar surface area (TPSA) is 87.0 Å². The molecule has 2 N–H and O–H groups in total. The first kappa shape index (κ1) is 23.5. The molecule has 0 aliphatic rings. The maximum atomic E-state index is 4.77. The highest BCUT2D eigenvalue weighted by molar-refractivity contribution is 14.0. The second kappa shape index (κ2) is 11.4. The third-order valence-electron chi connectivity index (χ3n) is 4.82. The third kappa shape index (κ3) is 5.72. The van der Waals surface area contributed by atoms with Gasteiger partial charge in [0, 0.05) is 19.3 Å². The molecule has 0 aliphatic carbocycles. The summed E-state index contributed by atoms with van der Waals surface area (Å²) in [5.41, 5.74) is 3.13. The van der Waals surface area contributed by atoms with Crippen LogP contribution in [0.2, 0.25) is 0 Å². The standard InChI is InChI=1S/C23H26N8.HI/c1-3-24-23(26-15-22-29-27-17-31(22)19-12-8-5-9-13-19)30(2)16-21-25-14-20(28-21)18-10-6-4-7-11-18;/h4-14,17H,3,15-16H2,1-2H3,(H,24,26)(H,25,28);1H. The minimum Gasteiger partial charge on any atom is -0.357 e. The van der Waals surface area contributed by atoms with E-state index in [1.54, 1.807) is 6.33 Å². The van der Waals surface area contributed by atoms with Gasteiger partial charge in [-0.2, -0.15) is 0 Å². The SMILES string of the molecule is CCNC(=NCc1nncn1-c1ccccc1)N(C)Cc1ncc(-c2ccccc2)[nH]1.I. The Labute approximate surface area is 204 Å². The number of H-pyrrole nitrogens is 1. The summed E-state index contributed by atoms with van der Waals surface area (Å²) in [6, 6.07) is 20.2. The van der Waals surface area contributed by atoms with Crippen molar-refractivity contribution in [2.45, 2.75) is 20.0 Å². The normalized spacial score (nSPS) is 11.1. The zero-order valence-electron chi connectivity index (χ0n) is 18.1. The molecule has 0 unspecified atom stereocenters.